The number of fused-ring (bicyclic) bond motifs is 1. The summed E-state index contributed by atoms with van der Waals surface area (Å²) in [7, 11) is 0. The highest BCUT2D eigenvalue weighted by atomic mass is 16.5. The Morgan fingerprint density at radius 3 is 2.31 bits per heavy atom. The standard InChI is InChI=1S/C20H22N2O2.C4H4O4/c1-2-6-15(7-3-1)14-19(16-10-12-21-13-11-16)23-20-17-8-4-5-9-18(17)24-22-20;5-3(6)1-2-4(7)8/h1-9,16,19,21H,10-14H2;1-2H,(H,5,6)(H,7,8). The van der Waals surface area contributed by atoms with Gasteiger partial charge in [0.15, 0.2) is 5.58 Å². The third-order valence-electron chi connectivity index (χ3n) is 5.17. The molecule has 8 heteroatoms. The van der Waals surface area contributed by atoms with E-state index in [1.54, 1.807) is 0 Å². The summed E-state index contributed by atoms with van der Waals surface area (Å²) in [5.74, 6) is -1.37. The van der Waals surface area contributed by atoms with Crippen molar-refractivity contribution in [3.05, 3.63) is 72.3 Å². The minimum Gasteiger partial charge on any atom is -0.478 e. The van der Waals surface area contributed by atoms with Crippen LogP contribution < -0.4 is 10.1 Å². The van der Waals surface area contributed by atoms with E-state index in [9.17, 15) is 9.59 Å². The molecule has 1 aliphatic heterocycles. The maximum atomic E-state index is 9.55. The number of carboxylic acid groups (broad SMARTS) is 2. The predicted octanol–water partition coefficient (Wildman–Crippen LogP) is 3.53. The monoisotopic (exact) mass is 438 g/mol. The van der Waals surface area contributed by atoms with Crippen molar-refractivity contribution in [1.29, 1.82) is 0 Å². The molecule has 168 valence electrons. The van der Waals surface area contributed by atoms with Gasteiger partial charge in [0.2, 0.25) is 0 Å². The van der Waals surface area contributed by atoms with E-state index in [0.29, 0.717) is 23.9 Å². The Balaban J connectivity index is 0.000000312. The molecular weight excluding hydrogens is 412 g/mol. The van der Waals surface area contributed by atoms with Gasteiger partial charge in [0.25, 0.3) is 5.88 Å². The van der Waals surface area contributed by atoms with Crippen molar-refractivity contribution in [2.75, 3.05) is 13.1 Å². The number of aliphatic carboxylic acids is 2. The van der Waals surface area contributed by atoms with Gasteiger partial charge in [0.1, 0.15) is 6.10 Å². The minimum atomic E-state index is -1.26. The van der Waals surface area contributed by atoms with Gasteiger partial charge in [-0.25, -0.2) is 9.59 Å². The van der Waals surface area contributed by atoms with Gasteiger partial charge in [-0.15, -0.1) is 0 Å². The minimum absolute atomic E-state index is 0.114. The zero-order valence-electron chi connectivity index (χ0n) is 17.5. The van der Waals surface area contributed by atoms with Crippen LogP contribution in [0.4, 0.5) is 0 Å². The highest BCUT2D eigenvalue weighted by Gasteiger charge is 2.27. The van der Waals surface area contributed by atoms with Gasteiger partial charge in [-0.05, 0) is 54.7 Å². The molecule has 8 nitrogen and oxygen atoms in total. The van der Waals surface area contributed by atoms with E-state index in [1.807, 2.05) is 24.3 Å². The zero-order chi connectivity index (χ0) is 22.8. The van der Waals surface area contributed by atoms with Crippen LogP contribution in [-0.2, 0) is 16.0 Å². The van der Waals surface area contributed by atoms with Gasteiger partial charge in [0, 0.05) is 18.6 Å². The van der Waals surface area contributed by atoms with E-state index in [2.05, 4.69) is 40.8 Å². The van der Waals surface area contributed by atoms with Crippen molar-refractivity contribution in [3.63, 3.8) is 0 Å². The number of nitrogens with zero attached hydrogens (tertiary/aromatic N) is 1. The lowest BCUT2D eigenvalue weighted by Gasteiger charge is -2.30. The molecule has 2 aromatic carbocycles. The van der Waals surface area contributed by atoms with Crippen LogP contribution in [0.15, 0.2) is 71.3 Å². The lowest BCUT2D eigenvalue weighted by molar-refractivity contribution is -0.134. The smallest absolute Gasteiger partial charge is 0.328 e. The van der Waals surface area contributed by atoms with Crippen molar-refractivity contribution in [2.45, 2.75) is 25.4 Å². The van der Waals surface area contributed by atoms with Crippen LogP contribution in [0.5, 0.6) is 5.88 Å². The van der Waals surface area contributed by atoms with Crippen LogP contribution in [0.25, 0.3) is 11.0 Å². The third-order valence-corrected chi connectivity index (χ3v) is 5.17. The van der Waals surface area contributed by atoms with Crippen LogP contribution in [0.3, 0.4) is 0 Å². The first kappa shape index (κ1) is 23.0. The summed E-state index contributed by atoms with van der Waals surface area (Å²) in [6.45, 7) is 2.11. The molecule has 0 spiro atoms. The van der Waals surface area contributed by atoms with Crippen molar-refractivity contribution in [2.24, 2.45) is 5.92 Å². The molecule has 0 saturated carbocycles. The molecule has 3 N–H and O–H groups in total. The van der Waals surface area contributed by atoms with Crippen molar-refractivity contribution in [3.8, 4) is 5.88 Å². The number of hydrogen-bond acceptors (Lipinski definition) is 6. The summed E-state index contributed by atoms with van der Waals surface area (Å²) in [4.78, 5) is 19.1. The fourth-order valence-corrected chi connectivity index (χ4v) is 3.60. The normalized spacial score (nSPS) is 15.1. The summed E-state index contributed by atoms with van der Waals surface area (Å²) in [6, 6.07) is 18.4. The first-order chi connectivity index (χ1) is 15.5. The highest BCUT2D eigenvalue weighted by Crippen LogP contribution is 2.29. The third kappa shape index (κ3) is 6.95. The Morgan fingerprint density at radius 1 is 1.03 bits per heavy atom. The second-order valence-corrected chi connectivity index (χ2v) is 7.43. The Bertz CT molecular complexity index is 1020. The summed E-state index contributed by atoms with van der Waals surface area (Å²) in [5, 5.41) is 24.2. The summed E-state index contributed by atoms with van der Waals surface area (Å²) in [6.07, 6.45) is 4.39. The number of carboxylic acids is 2. The van der Waals surface area contributed by atoms with Gasteiger partial charge in [-0.1, -0.05) is 42.5 Å². The molecular formula is C24H26N2O6. The van der Waals surface area contributed by atoms with Crippen LogP contribution in [-0.4, -0.2) is 46.5 Å². The van der Waals surface area contributed by atoms with Gasteiger partial charge in [0.05, 0.1) is 5.39 Å². The van der Waals surface area contributed by atoms with E-state index < -0.39 is 11.9 Å². The number of para-hydroxylation sites is 1. The fourth-order valence-electron chi connectivity index (χ4n) is 3.60. The van der Waals surface area contributed by atoms with Gasteiger partial charge >= 0.3 is 11.9 Å². The van der Waals surface area contributed by atoms with E-state index in [1.165, 1.54) is 5.56 Å². The van der Waals surface area contributed by atoms with Gasteiger partial charge in [-0.3, -0.25) is 0 Å². The Morgan fingerprint density at radius 2 is 1.66 bits per heavy atom. The number of hydrogen-bond donors (Lipinski definition) is 3. The van der Waals surface area contributed by atoms with Gasteiger partial charge in [-0.2, -0.15) is 0 Å². The number of ether oxygens (including phenoxy) is 1. The highest BCUT2D eigenvalue weighted by molar-refractivity contribution is 5.89. The first-order valence-corrected chi connectivity index (χ1v) is 10.4. The molecule has 3 aromatic rings. The molecule has 4 rings (SSSR count). The van der Waals surface area contributed by atoms with Gasteiger partial charge < -0.3 is 24.8 Å². The summed E-state index contributed by atoms with van der Waals surface area (Å²) >= 11 is 0. The molecule has 0 radical (unpaired) electrons. The molecule has 2 heterocycles. The largest absolute Gasteiger partial charge is 0.478 e. The Hall–Kier alpha value is -3.65. The van der Waals surface area contributed by atoms with E-state index in [4.69, 9.17) is 19.5 Å². The fraction of sp³-hybridized carbons (Fsp3) is 0.292. The maximum Gasteiger partial charge on any atom is 0.328 e. The van der Waals surface area contributed by atoms with Crippen molar-refractivity contribution in [1.82, 2.24) is 10.5 Å². The number of carbonyl (C=O) groups is 2. The first-order valence-electron chi connectivity index (χ1n) is 10.4. The van der Waals surface area contributed by atoms with Crippen molar-refractivity contribution >= 4 is 22.9 Å². The Labute approximate surface area is 185 Å². The van der Waals surface area contributed by atoms with Crippen LogP contribution >= 0.6 is 0 Å². The average molecular weight is 438 g/mol. The molecule has 32 heavy (non-hydrogen) atoms. The molecule has 1 aliphatic rings. The molecule has 1 fully saturated rings. The van der Waals surface area contributed by atoms with Crippen LogP contribution in [0.2, 0.25) is 0 Å². The van der Waals surface area contributed by atoms with Crippen LogP contribution in [0, 0.1) is 5.92 Å². The zero-order valence-corrected chi connectivity index (χ0v) is 17.5. The molecule has 0 bridgehead atoms. The Kier molecular flexibility index (Phi) is 8.39. The maximum absolute atomic E-state index is 9.55. The number of rotatable bonds is 7. The molecule has 1 saturated heterocycles. The average Bonchev–Trinajstić information content (AvgIpc) is 3.22. The quantitative estimate of drug-likeness (QED) is 0.479. The topological polar surface area (TPSA) is 122 Å². The lowest BCUT2D eigenvalue weighted by Crippen LogP contribution is -2.38. The van der Waals surface area contributed by atoms with E-state index in [-0.39, 0.29) is 6.10 Å². The molecule has 1 atom stereocenters. The summed E-state index contributed by atoms with van der Waals surface area (Å²) < 4.78 is 11.8. The predicted molar refractivity (Wildman–Crippen MR) is 119 cm³/mol. The van der Waals surface area contributed by atoms with E-state index >= 15 is 0 Å². The SMILES string of the molecule is O=C(O)C=CC(=O)O.c1ccc(CC(Oc2noc3ccccc23)C2CCNCC2)cc1. The number of benzene rings is 2. The number of piperidine rings is 1. The second kappa shape index (κ2) is 11.7. The van der Waals surface area contributed by atoms with Crippen LogP contribution in [0.1, 0.15) is 18.4 Å². The van der Waals surface area contributed by atoms with Crippen molar-refractivity contribution < 1.29 is 29.1 Å². The second-order valence-electron chi connectivity index (χ2n) is 7.43. The lowest BCUT2D eigenvalue weighted by atomic mass is 9.88. The summed E-state index contributed by atoms with van der Waals surface area (Å²) in [5.41, 5.74) is 2.07. The molecule has 1 aromatic heterocycles. The molecule has 0 aliphatic carbocycles. The molecule has 1 unspecified atom stereocenters. The number of aromatic nitrogens is 1. The molecule has 0 amide bonds. The number of nitrogens with one attached hydrogen (secondary N) is 1. The van der Waals surface area contributed by atoms with E-state index in [0.717, 1.165) is 43.3 Å².